The van der Waals surface area contributed by atoms with Crippen molar-refractivity contribution in [3.05, 3.63) is 39.7 Å². The van der Waals surface area contributed by atoms with Gasteiger partial charge in [-0.05, 0) is 0 Å². The summed E-state index contributed by atoms with van der Waals surface area (Å²) >= 11 is 6.94. The molecule has 0 atom stereocenters. The largest absolute Gasteiger partial charge is 0.297 e. The maximum absolute atomic E-state index is 10.7. The van der Waals surface area contributed by atoms with Crippen LogP contribution < -0.4 is 0 Å². The van der Waals surface area contributed by atoms with E-state index in [9.17, 15) is 4.79 Å². The Kier molecular flexibility index (Phi) is 2.61. The topological polar surface area (TPSA) is 30.0 Å². The van der Waals surface area contributed by atoms with Crippen LogP contribution in [-0.2, 0) is 0 Å². The standard InChI is InChI=1S/C10H6ClNOS/c11-10-12-9(8(6-13)14-10)7-4-2-1-3-5-7/h1-6H. The Labute approximate surface area is 90.2 Å². The molecule has 2 nitrogen and oxygen atoms in total. The van der Waals surface area contributed by atoms with E-state index in [1.807, 2.05) is 30.3 Å². The molecule has 2 aromatic rings. The molecule has 2 rings (SSSR count). The second-order valence-corrected chi connectivity index (χ2v) is 4.28. The van der Waals surface area contributed by atoms with Gasteiger partial charge in [-0.1, -0.05) is 53.3 Å². The number of nitrogens with zero attached hydrogens (tertiary/aromatic N) is 1. The fourth-order valence-electron chi connectivity index (χ4n) is 1.19. The van der Waals surface area contributed by atoms with E-state index in [4.69, 9.17) is 11.6 Å². The Morgan fingerprint density at radius 2 is 2.00 bits per heavy atom. The predicted octanol–water partition coefficient (Wildman–Crippen LogP) is 3.28. The molecule has 14 heavy (non-hydrogen) atoms. The summed E-state index contributed by atoms with van der Waals surface area (Å²) < 4.78 is 0.394. The van der Waals surface area contributed by atoms with Crippen LogP contribution in [0.15, 0.2) is 30.3 Å². The first-order valence-corrected chi connectivity index (χ1v) is 5.17. The van der Waals surface area contributed by atoms with Crippen molar-refractivity contribution in [2.75, 3.05) is 0 Å². The highest BCUT2D eigenvalue weighted by Crippen LogP contribution is 2.29. The van der Waals surface area contributed by atoms with E-state index in [-0.39, 0.29) is 0 Å². The van der Waals surface area contributed by atoms with Crippen LogP contribution in [0.4, 0.5) is 0 Å². The molecule has 1 aromatic carbocycles. The molecule has 70 valence electrons. The van der Waals surface area contributed by atoms with Crippen molar-refractivity contribution in [1.29, 1.82) is 0 Å². The van der Waals surface area contributed by atoms with Gasteiger partial charge in [0, 0.05) is 5.56 Å². The van der Waals surface area contributed by atoms with Crippen molar-refractivity contribution in [3.63, 3.8) is 0 Å². The molecule has 0 unspecified atom stereocenters. The van der Waals surface area contributed by atoms with E-state index in [0.717, 1.165) is 11.8 Å². The zero-order chi connectivity index (χ0) is 9.97. The van der Waals surface area contributed by atoms with Crippen LogP contribution in [-0.4, -0.2) is 11.3 Å². The third-order valence-electron chi connectivity index (χ3n) is 1.78. The van der Waals surface area contributed by atoms with Crippen LogP contribution in [0.1, 0.15) is 9.67 Å². The maximum atomic E-state index is 10.7. The maximum Gasteiger partial charge on any atom is 0.184 e. The normalized spacial score (nSPS) is 10.1. The summed E-state index contributed by atoms with van der Waals surface area (Å²) in [6.07, 6.45) is 0.784. The lowest BCUT2D eigenvalue weighted by Gasteiger charge is -1.95. The van der Waals surface area contributed by atoms with Crippen LogP contribution >= 0.6 is 22.9 Å². The first-order chi connectivity index (χ1) is 6.81. The monoisotopic (exact) mass is 223 g/mol. The van der Waals surface area contributed by atoms with Gasteiger partial charge in [-0.15, -0.1) is 0 Å². The molecule has 1 heterocycles. The summed E-state index contributed by atoms with van der Waals surface area (Å²) in [6, 6.07) is 9.52. The Morgan fingerprint density at radius 3 is 2.64 bits per heavy atom. The molecule has 0 bridgehead atoms. The van der Waals surface area contributed by atoms with Crippen molar-refractivity contribution in [1.82, 2.24) is 4.98 Å². The lowest BCUT2D eigenvalue weighted by Crippen LogP contribution is -1.81. The predicted molar refractivity (Wildman–Crippen MR) is 57.9 cm³/mol. The third kappa shape index (κ3) is 1.69. The molecule has 0 amide bonds. The van der Waals surface area contributed by atoms with Crippen molar-refractivity contribution in [2.45, 2.75) is 0 Å². The van der Waals surface area contributed by atoms with Gasteiger partial charge in [0.15, 0.2) is 10.8 Å². The van der Waals surface area contributed by atoms with Crippen LogP contribution in [0, 0.1) is 0 Å². The first-order valence-electron chi connectivity index (χ1n) is 3.98. The van der Waals surface area contributed by atoms with Crippen molar-refractivity contribution < 1.29 is 4.79 Å². The minimum absolute atomic E-state index is 0.394. The summed E-state index contributed by atoms with van der Waals surface area (Å²) in [7, 11) is 0. The molecule has 0 radical (unpaired) electrons. The molecule has 0 spiro atoms. The number of benzene rings is 1. The van der Waals surface area contributed by atoms with Crippen LogP contribution in [0.2, 0.25) is 4.47 Å². The number of aldehydes is 1. The Morgan fingerprint density at radius 1 is 1.29 bits per heavy atom. The number of carbonyl (C=O) groups excluding carboxylic acids is 1. The molecule has 4 heteroatoms. The van der Waals surface area contributed by atoms with E-state index in [1.54, 1.807) is 0 Å². The molecule has 0 saturated carbocycles. The fraction of sp³-hybridized carbons (Fsp3) is 0. The lowest BCUT2D eigenvalue weighted by atomic mass is 10.1. The number of halogens is 1. The van der Waals surface area contributed by atoms with Gasteiger partial charge in [0.25, 0.3) is 0 Å². The minimum Gasteiger partial charge on any atom is -0.297 e. The van der Waals surface area contributed by atoms with E-state index in [1.165, 1.54) is 11.3 Å². The van der Waals surface area contributed by atoms with E-state index in [0.29, 0.717) is 15.0 Å². The molecular formula is C10H6ClNOS. The summed E-state index contributed by atoms with van der Waals surface area (Å²) in [5.74, 6) is 0. The van der Waals surface area contributed by atoms with E-state index in [2.05, 4.69) is 4.98 Å². The second kappa shape index (κ2) is 3.90. The van der Waals surface area contributed by atoms with Crippen molar-refractivity contribution in [2.24, 2.45) is 0 Å². The zero-order valence-electron chi connectivity index (χ0n) is 7.11. The molecule has 0 N–H and O–H groups in total. The summed E-state index contributed by atoms with van der Waals surface area (Å²) in [5.41, 5.74) is 1.58. The quantitative estimate of drug-likeness (QED) is 0.732. The zero-order valence-corrected chi connectivity index (χ0v) is 8.68. The number of aromatic nitrogens is 1. The van der Waals surface area contributed by atoms with Gasteiger partial charge >= 0.3 is 0 Å². The van der Waals surface area contributed by atoms with Crippen LogP contribution in [0.25, 0.3) is 11.3 Å². The van der Waals surface area contributed by atoms with Crippen molar-refractivity contribution in [3.8, 4) is 11.3 Å². The van der Waals surface area contributed by atoms with Gasteiger partial charge in [0.2, 0.25) is 0 Å². The Balaban J connectivity index is 2.56. The highest BCUT2D eigenvalue weighted by Gasteiger charge is 2.10. The smallest absolute Gasteiger partial charge is 0.184 e. The van der Waals surface area contributed by atoms with Crippen molar-refractivity contribution >= 4 is 29.2 Å². The van der Waals surface area contributed by atoms with Gasteiger partial charge in [-0.3, -0.25) is 4.79 Å². The van der Waals surface area contributed by atoms with Gasteiger partial charge in [0.1, 0.15) is 0 Å². The highest BCUT2D eigenvalue weighted by molar-refractivity contribution is 7.17. The highest BCUT2D eigenvalue weighted by atomic mass is 35.5. The number of thiazole rings is 1. The van der Waals surface area contributed by atoms with Crippen LogP contribution in [0.3, 0.4) is 0 Å². The number of rotatable bonds is 2. The Bertz CT molecular complexity index is 452. The van der Waals surface area contributed by atoms with E-state index >= 15 is 0 Å². The molecule has 0 saturated heterocycles. The summed E-state index contributed by atoms with van der Waals surface area (Å²) in [5, 5.41) is 0. The lowest BCUT2D eigenvalue weighted by molar-refractivity contribution is 0.112. The van der Waals surface area contributed by atoms with Gasteiger partial charge in [0.05, 0.1) is 10.6 Å². The molecular weight excluding hydrogens is 218 g/mol. The number of hydrogen-bond donors (Lipinski definition) is 0. The van der Waals surface area contributed by atoms with E-state index < -0.39 is 0 Å². The molecule has 0 fully saturated rings. The summed E-state index contributed by atoms with van der Waals surface area (Å²) in [4.78, 5) is 15.4. The second-order valence-electron chi connectivity index (χ2n) is 2.66. The average Bonchev–Trinajstić information content (AvgIpc) is 2.61. The third-order valence-corrected chi connectivity index (χ3v) is 2.87. The minimum atomic E-state index is 0.394. The van der Waals surface area contributed by atoms with Gasteiger partial charge in [-0.25, -0.2) is 4.98 Å². The number of hydrogen-bond acceptors (Lipinski definition) is 3. The SMILES string of the molecule is O=Cc1sc(Cl)nc1-c1ccccc1. The molecule has 0 aliphatic heterocycles. The molecule has 0 aliphatic rings. The van der Waals surface area contributed by atoms with Crippen LogP contribution in [0.5, 0.6) is 0 Å². The van der Waals surface area contributed by atoms with Gasteiger partial charge < -0.3 is 0 Å². The molecule has 1 aromatic heterocycles. The summed E-state index contributed by atoms with van der Waals surface area (Å²) in [6.45, 7) is 0. The number of carbonyl (C=O) groups is 1. The molecule has 0 aliphatic carbocycles. The first kappa shape index (κ1) is 9.37. The Hall–Kier alpha value is -1.19. The fourth-order valence-corrected chi connectivity index (χ4v) is 2.15. The average molecular weight is 224 g/mol. The van der Waals surface area contributed by atoms with Gasteiger partial charge in [-0.2, -0.15) is 0 Å².